The Bertz CT molecular complexity index is 1010. The Balaban J connectivity index is 1.17. The predicted molar refractivity (Wildman–Crippen MR) is 128 cm³/mol. The van der Waals surface area contributed by atoms with Crippen molar-refractivity contribution in [2.24, 2.45) is 11.8 Å². The molecule has 34 heavy (non-hydrogen) atoms. The molecule has 2 aliphatic carbocycles. The van der Waals surface area contributed by atoms with Gasteiger partial charge in [0, 0.05) is 24.9 Å². The monoisotopic (exact) mass is 464 g/mol. The molecule has 1 unspecified atom stereocenters. The van der Waals surface area contributed by atoms with Crippen LogP contribution in [0.15, 0.2) is 48.5 Å². The SMILES string of the molecule is CC(CCNC(=O)OCC1c2ccccc2-c2ccccc21)CC(=O)N[C@@H]1CC[C@H](C(=O)O)C1. The van der Waals surface area contributed by atoms with Gasteiger partial charge >= 0.3 is 12.1 Å². The molecule has 2 aliphatic rings. The van der Waals surface area contributed by atoms with E-state index in [1.54, 1.807) is 0 Å². The van der Waals surface area contributed by atoms with Gasteiger partial charge in [-0.2, -0.15) is 0 Å². The fourth-order valence-corrected chi connectivity index (χ4v) is 5.11. The lowest BCUT2D eigenvalue weighted by Gasteiger charge is -2.16. The fraction of sp³-hybridized carbons (Fsp3) is 0.444. The molecule has 0 saturated heterocycles. The largest absolute Gasteiger partial charge is 0.481 e. The average Bonchev–Trinajstić information content (AvgIpc) is 3.40. The Morgan fingerprint density at radius 2 is 1.68 bits per heavy atom. The van der Waals surface area contributed by atoms with Gasteiger partial charge in [0.25, 0.3) is 0 Å². The van der Waals surface area contributed by atoms with E-state index in [1.807, 2.05) is 31.2 Å². The number of carboxylic acids is 1. The summed E-state index contributed by atoms with van der Waals surface area (Å²) in [7, 11) is 0. The number of carbonyl (C=O) groups excluding carboxylic acids is 2. The third-order valence-electron chi connectivity index (χ3n) is 6.93. The van der Waals surface area contributed by atoms with Gasteiger partial charge in [0.05, 0.1) is 5.92 Å². The van der Waals surface area contributed by atoms with E-state index in [4.69, 9.17) is 9.84 Å². The molecular formula is C27H32N2O5. The van der Waals surface area contributed by atoms with Crippen molar-refractivity contribution >= 4 is 18.0 Å². The van der Waals surface area contributed by atoms with Crippen molar-refractivity contribution in [3.63, 3.8) is 0 Å². The molecule has 2 aromatic rings. The molecule has 4 rings (SSSR count). The van der Waals surface area contributed by atoms with Gasteiger partial charge in [0.1, 0.15) is 6.61 Å². The molecule has 1 fully saturated rings. The first-order chi connectivity index (χ1) is 16.4. The molecule has 7 heteroatoms. The van der Waals surface area contributed by atoms with Crippen molar-refractivity contribution in [3.8, 4) is 11.1 Å². The molecule has 1 saturated carbocycles. The smallest absolute Gasteiger partial charge is 0.407 e. The molecule has 0 bridgehead atoms. The van der Waals surface area contributed by atoms with E-state index in [2.05, 4.69) is 34.9 Å². The molecular weight excluding hydrogens is 432 g/mol. The molecule has 0 aliphatic heterocycles. The number of hydrogen-bond acceptors (Lipinski definition) is 4. The summed E-state index contributed by atoms with van der Waals surface area (Å²) in [5.41, 5.74) is 4.73. The predicted octanol–water partition coefficient (Wildman–Crippen LogP) is 4.31. The highest BCUT2D eigenvalue weighted by atomic mass is 16.5. The molecule has 0 spiro atoms. The summed E-state index contributed by atoms with van der Waals surface area (Å²) in [4.78, 5) is 35.6. The Morgan fingerprint density at radius 3 is 2.29 bits per heavy atom. The van der Waals surface area contributed by atoms with E-state index in [0.29, 0.717) is 38.6 Å². The number of rotatable bonds is 9. The van der Waals surface area contributed by atoms with E-state index < -0.39 is 12.1 Å². The van der Waals surface area contributed by atoms with Crippen LogP contribution in [0.25, 0.3) is 11.1 Å². The van der Waals surface area contributed by atoms with Crippen molar-refractivity contribution in [2.45, 2.75) is 51.0 Å². The molecule has 0 aromatic heterocycles. The van der Waals surface area contributed by atoms with E-state index >= 15 is 0 Å². The first kappa shape index (κ1) is 23.8. The van der Waals surface area contributed by atoms with Crippen molar-refractivity contribution in [3.05, 3.63) is 59.7 Å². The normalized spacial score (nSPS) is 19.7. The molecule has 2 amide bonds. The van der Waals surface area contributed by atoms with Crippen molar-refractivity contribution in [1.82, 2.24) is 10.6 Å². The third kappa shape index (κ3) is 5.58. The Labute approximate surface area is 199 Å². The van der Waals surface area contributed by atoms with E-state index in [0.717, 1.165) is 0 Å². The minimum Gasteiger partial charge on any atom is -0.481 e. The Hall–Kier alpha value is -3.35. The lowest BCUT2D eigenvalue weighted by Crippen LogP contribution is -2.34. The number of nitrogens with one attached hydrogen (secondary N) is 2. The van der Waals surface area contributed by atoms with Crippen molar-refractivity contribution < 1.29 is 24.2 Å². The summed E-state index contributed by atoms with van der Waals surface area (Å²) in [6, 6.07) is 16.4. The maximum atomic E-state index is 12.3. The van der Waals surface area contributed by atoms with Crippen LogP contribution in [0, 0.1) is 11.8 Å². The molecule has 3 N–H and O–H groups in total. The van der Waals surface area contributed by atoms with Crippen LogP contribution in [-0.2, 0) is 14.3 Å². The zero-order valence-electron chi connectivity index (χ0n) is 19.5. The third-order valence-corrected chi connectivity index (χ3v) is 6.93. The lowest BCUT2D eigenvalue weighted by atomic mass is 9.98. The summed E-state index contributed by atoms with van der Waals surface area (Å²) in [5.74, 6) is -1.10. The topological polar surface area (TPSA) is 105 Å². The minimum atomic E-state index is -0.788. The number of hydrogen-bond donors (Lipinski definition) is 3. The number of carbonyl (C=O) groups is 3. The quantitative estimate of drug-likeness (QED) is 0.513. The molecule has 0 radical (unpaired) electrons. The zero-order chi connectivity index (χ0) is 24.1. The van der Waals surface area contributed by atoms with Gasteiger partial charge in [0.15, 0.2) is 0 Å². The molecule has 0 heterocycles. The number of aliphatic carboxylic acids is 1. The standard InChI is InChI=1S/C27H32N2O5/c1-17(14-25(30)29-19-11-10-18(15-19)26(31)32)12-13-28-27(33)34-16-24-22-8-4-2-6-20(22)21-7-3-5-9-23(21)24/h2-9,17-19,24H,10-16H2,1H3,(H,28,33)(H,29,30)(H,31,32)/t17?,18-,19+/m0/s1. The highest BCUT2D eigenvalue weighted by Gasteiger charge is 2.31. The number of fused-ring (bicyclic) bond motifs is 3. The molecule has 3 atom stereocenters. The van der Waals surface area contributed by atoms with Gasteiger partial charge in [0.2, 0.25) is 5.91 Å². The second-order valence-electron chi connectivity index (χ2n) is 9.46. The first-order valence-corrected chi connectivity index (χ1v) is 12.0. The van der Waals surface area contributed by atoms with Gasteiger partial charge in [-0.25, -0.2) is 4.79 Å². The summed E-state index contributed by atoms with van der Waals surface area (Å²) in [5, 5.41) is 14.8. The summed E-state index contributed by atoms with van der Waals surface area (Å²) >= 11 is 0. The van der Waals surface area contributed by atoms with E-state index in [1.165, 1.54) is 22.3 Å². The van der Waals surface area contributed by atoms with Gasteiger partial charge in [-0.15, -0.1) is 0 Å². The van der Waals surface area contributed by atoms with E-state index in [9.17, 15) is 14.4 Å². The maximum absolute atomic E-state index is 12.3. The second-order valence-corrected chi connectivity index (χ2v) is 9.46. The van der Waals surface area contributed by atoms with Crippen molar-refractivity contribution in [1.29, 1.82) is 0 Å². The summed E-state index contributed by atoms with van der Waals surface area (Å²) in [6.07, 6.45) is 2.36. The number of benzene rings is 2. The fourth-order valence-electron chi connectivity index (χ4n) is 5.11. The van der Waals surface area contributed by atoms with Crippen LogP contribution >= 0.6 is 0 Å². The van der Waals surface area contributed by atoms with Gasteiger partial charge < -0.3 is 20.5 Å². The highest BCUT2D eigenvalue weighted by molar-refractivity contribution is 5.79. The van der Waals surface area contributed by atoms with Gasteiger partial charge in [-0.05, 0) is 53.9 Å². The number of carboxylic acid groups (broad SMARTS) is 1. The number of ether oxygens (including phenoxy) is 1. The summed E-state index contributed by atoms with van der Waals surface area (Å²) in [6.45, 7) is 2.67. The van der Waals surface area contributed by atoms with Crippen molar-refractivity contribution in [2.75, 3.05) is 13.2 Å². The van der Waals surface area contributed by atoms with Gasteiger partial charge in [-0.1, -0.05) is 55.5 Å². The molecule has 7 nitrogen and oxygen atoms in total. The van der Waals surface area contributed by atoms with Crippen LogP contribution < -0.4 is 10.6 Å². The number of alkyl carbamates (subject to hydrolysis) is 1. The van der Waals surface area contributed by atoms with Crippen LogP contribution in [0.5, 0.6) is 0 Å². The Morgan fingerprint density at radius 1 is 1.03 bits per heavy atom. The first-order valence-electron chi connectivity index (χ1n) is 12.0. The number of amides is 2. The van der Waals surface area contributed by atoms with Crippen LogP contribution in [-0.4, -0.2) is 42.3 Å². The van der Waals surface area contributed by atoms with E-state index in [-0.39, 0.29) is 36.3 Å². The minimum absolute atomic E-state index is 0.0251. The van der Waals surface area contributed by atoms with Crippen LogP contribution in [0.3, 0.4) is 0 Å². The van der Waals surface area contributed by atoms with Gasteiger partial charge in [-0.3, -0.25) is 9.59 Å². The lowest BCUT2D eigenvalue weighted by molar-refractivity contribution is -0.141. The van der Waals surface area contributed by atoms with Crippen LogP contribution in [0.4, 0.5) is 4.79 Å². The maximum Gasteiger partial charge on any atom is 0.407 e. The Kier molecular flexibility index (Phi) is 7.50. The second kappa shape index (κ2) is 10.7. The van der Waals surface area contributed by atoms with Crippen LogP contribution in [0.2, 0.25) is 0 Å². The highest BCUT2D eigenvalue weighted by Crippen LogP contribution is 2.44. The van der Waals surface area contributed by atoms with Crippen LogP contribution in [0.1, 0.15) is 56.1 Å². The zero-order valence-corrected chi connectivity index (χ0v) is 19.5. The summed E-state index contributed by atoms with van der Waals surface area (Å²) < 4.78 is 5.54. The molecule has 180 valence electrons. The molecule has 2 aromatic carbocycles. The average molecular weight is 465 g/mol.